The lowest BCUT2D eigenvalue weighted by atomic mass is 10.0. The second-order valence-electron chi connectivity index (χ2n) is 4.57. The van der Waals surface area contributed by atoms with Gasteiger partial charge in [-0.2, -0.15) is 0 Å². The zero-order chi connectivity index (χ0) is 12.1. The van der Waals surface area contributed by atoms with Crippen molar-refractivity contribution >= 4 is 11.9 Å². The SMILES string of the molecule is CCCCC(C)C(=O)N1CCC[C@@H]1C(=O)O. The van der Waals surface area contributed by atoms with Gasteiger partial charge >= 0.3 is 5.97 Å². The van der Waals surface area contributed by atoms with Gasteiger partial charge in [0.05, 0.1) is 0 Å². The number of unbranched alkanes of at least 4 members (excludes halogenated alkanes) is 1. The van der Waals surface area contributed by atoms with Crippen molar-refractivity contribution in [2.45, 2.75) is 52.0 Å². The van der Waals surface area contributed by atoms with E-state index in [-0.39, 0.29) is 11.8 Å². The van der Waals surface area contributed by atoms with Gasteiger partial charge in [-0.15, -0.1) is 0 Å². The molecule has 1 unspecified atom stereocenters. The van der Waals surface area contributed by atoms with Crippen LogP contribution in [0.5, 0.6) is 0 Å². The van der Waals surface area contributed by atoms with Crippen LogP contribution in [0.15, 0.2) is 0 Å². The van der Waals surface area contributed by atoms with Gasteiger partial charge in [0.25, 0.3) is 0 Å². The summed E-state index contributed by atoms with van der Waals surface area (Å²) in [4.78, 5) is 24.5. The minimum absolute atomic E-state index is 0.0124. The van der Waals surface area contributed by atoms with Crippen molar-refractivity contribution in [3.05, 3.63) is 0 Å². The Balaban J connectivity index is 2.55. The number of nitrogens with zero attached hydrogens (tertiary/aromatic N) is 1. The first-order chi connectivity index (χ1) is 7.57. The molecule has 1 N–H and O–H groups in total. The minimum atomic E-state index is -0.867. The number of carboxylic acid groups (broad SMARTS) is 1. The van der Waals surface area contributed by atoms with Crippen molar-refractivity contribution < 1.29 is 14.7 Å². The fraction of sp³-hybridized carbons (Fsp3) is 0.833. The summed E-state index contributed by atoms with van der Waals surface area (Å²) in [6.07, 6.45) is 4.36. The molecule has 1 aliphatic heterocycles. The van der Waals surface area contributed by atoms with Crippen molar-refractivity contribution in [3.8, 4) is 0 Å². The van der Waals surface area contributed by atoms with Crippen LogP contribution in [0.4, 0.5) is 0 Å². The van der Waals surface area contributed by atoms with Gasteiger partial charge < -0.3 is 10.0 Å². The summed E-state index contributed by atoms with van der Waals surface area (Å²) < 4.78 is 0. The van der Waals surface area contributed by atoms with E-state index in [1.54, 1.807) is 4.90 Å². The molecular formula is C12H21NO3. The first-order valence-electron chi connectivity index (χ1n) is 6.11. The van der Waals surface area contributed by atoms with Gasteiger partial charge in [0.15, 0.2) is 0 Å². The molecule has 4 heteroatoms. The second kappa shape index (κ2) is 5.87. The van der Waals surface area contributed by atoms with E-state index in [2.05, 4.69) is 6.92 Å². The van der Waals surface area contributed by atoms with E-state index in [1.165, 1.54) is 0 Å². The zero-order valence-corrected chi connectivity index (χ0v) is 10.1. The standard InChI is InChI=1S/C12H21NO3/c1-3-4-6-9(2)11(14)13-8-5-7-10(13)12(15)16/h9-10H,3-8H2,1-2H3,(H,15,16)/t9?,10-/m1/s1. The summed E-state index contributed by atoms with van der Waals surface area (Å²) in [5.74, 6) is -0.896. The highest BCUT2D eigenvalue weighted by Crippen LogP contribution is 2.21. The monoisotopic (exact) mass is 227 g/mol. The maximum Gasteiger partial charge on any atom is 0.326 e. The van der Waals surface area contributed by atoms with Crippen LogP contribution in [0.1, 0.15) is 46.0 Å². The van der Waals surface area contributed by atoms with Crippen LogP contribution in [0.3, 0.4) is 0 Å². The van der Waals surface area contributed by atoms with Gasteiger partial charge in [0, 0.05) is 12.5 Å². The minimum Gasteiger partial charge on any atom is -0.480 e. The molecule has 0 aromatic carbocycles. The topological polar surface area (TPSA) is 57.6 Å². The largest absolute Gasteiger partial charge is 0.480 e. The van der Waals surface area contributed by atoms with E-state index in [0.717, 1.165) is 25.7 Å². The number of amides is 1. The van der Waals surface area contributed by atoms with Crippen LogP contribution in [0, 0.1) is 5.92 Å². The molecule has 0 saturated carbocycles. The molecule has 0 aromatic rings. The van der Waals surface area contributed by atoms with Crippen LogP contribution in [-0.2, 0) is 9.59 Å². The van der Waals surface area contributed by atoms with Crippen LogP contribution < -0.4 is 0 Å². The van der Waals surface area contributed by atoms with Crippen molar-refractivity contribution in [1.82, 2.24) is 4.90 Å². The lowest BCUT2D eigenvalue weighted by molar-refractivity contribution is -0.149. The first kappa shape index (κ1) is 13.0. The Morgan fingerprint density at radius 3 is 2.75 bits per heavy atom. The molecule has 0 bridgehead atoms. The van der Waals surface area contributed by atoms with Gasteiger partial charge in [-0.1, -0.05) is 26.7 Å². The summed E-state index contributed by atoms with van der Waals surface area (Å²) in [5.41, 5.74) is 0. The van der Waals surface area contributed by atoms with Crippen LogP contribution in [0.25, 0.3) is 0 Å². The molecule has 2 atom stereocenters. The van der Waals surface area contributed by atoms with Gasteiger partial charge in [0.1, 0.15) is 6.04 Å². The molecule has 92 valence electrons. The van der Waals surface area contributed by atoms with Crippen molar-refractivity contribution in [2.24, 2.45) is 5.92 Å². The molecule has 1 rings (SSSR count). The van der Waals surface area contributed by atoms with E-state index in [9.17, 15) is 9.59 Å². The molecule has 1 amide bonds. The fourth-order valence-corrected chi connectivity index (χ4v) is 2.20. The summed E-state index contributed by atoms with van der Waals surface area (Å²) in [5, 5.41) is 9.00. The molecule has 4 nitrogen and oxygen atoms in total. The third-order valence-electron chi connectivity index (χ3n) is 3.23. The Morgan fingerprint density at radius 2 is 2.19 bits per heavy atom. The van der Waals surface area contributed by atoms with Crippen molar-refractivity contribution in [3.63, 3.8) is 0 Å². The molecule has 1 saturated heterocycles. The fourth-order valence-electron chi connectivity index (χ4n) is 2.20. The molecule has 1 fully saturated rings. The summed E-state index contributed by atoms with van der Waals surface area (Å²) in [7, 11) is 0. The van der Waals surface area contributed by atoms with E-state index in [1.807, 2.05) is 6.92 Å². The van der Waals surface area contributed by atoms with Crippen LogP contribution in [0.2, 0.25) is 0 Å². The molecule has 0 spiro atoms. The molecule has 0 radical (unpaired) electrons. The molecule has 0 aromatic heterocycles. The second-order valence-corrected chi connectivity index (χ2v) is 4.57. The number of rotatable bonds is 5. The molecule has 16 heavy (non-hydrogen) atoms. The maximum absolute atomic E-state index is 12.0. The smallest absolute Gasteiger partial charge is 0.326 e. The van der Waals surface area contributed by atoms with Gasteiger partial charge in [0.2, 0.25) is 5.91 Å². The van der Waals surface area contributed by atoms with Crippen LogP contribution >= 0.6 is 0 Å². The molecule has 1 heterocycles. The number of carbonyl (C=O) groups is 2. The number of carbonyl (C=O) groups excluding carboxylic acids is 1. The summed E-state index contributed by atoms with van der Waals surface area (Å²) in [6, 6.07) is -0.587. The average molecular weight is 227 g/mol. The third kappa shape index (κ3) is 2.97. The van der Waals surface area contributed by atoms with Gasteiger partial charge in [-0.25, -0.2) is 4.79 Å². The number of hydrogen-bond donors (Lipinski definition) is 1. The molecule has 0 aliphatic carbocycles. The first-order valence-corrected chi connectivity index (χ1v) is 6.11. The summed E-state index contributed by atoms with van der Waals surface area (Å²) >= 11 is 0. The van der Waals surface area contributed by atoms with Crippen molar-refractivity contribution in [2.75, 3.05) is 6.54 Å². The van der Waals surface area contributed by atoms with E-state index in [4.69, 9.17) is 5.11 Å². The normalized spacial score (nSPS) is 22.1. The Labute approximate surface area is 96.6 Å². The van der Waals surface area contributed by atoms with Gasteiger partial charge in [-0.3, -0.25) is 4.79 Å². The Morgan fingerprint density at radius 1 is 1.50 bits per heavy atom. The molecular weight excluding hydrogens is 206 g/mol. The summed E-state index contributed by atoms with van der Waals surface area (Å²) in [6.45, 7) is 4.59. The Kier molecular flexibility index (Phi) is 4.77. The van der Waals surface area contributed by atoms with E-state index in [0.29, 0.717) is 13.0 Å². The van der Waals surface area contributed by atoms with E-state index >= 15 is 0 Å². The quantitative estimate of drug-likeness (QED) is 0.780. The number of likely N-dealkylation sites (tertiary alicyclic amines) is 1. The zero-order valence-electron chi connectivity index (χ0n) is 10.1. The highest BCUT2D eigenvalue weighted by atomic mass is 16.4. The van der Waals surface area contributed by atoms with Gasteiger partial charge in [-0.05, 0) is 19.3 Å². The molecule has 1 aliphatic rings. The third-order valence-corrected chi connectivity index (χ3v) is 3.23. The maximum atomic E-state index is 12.0. The number of hydrogen-bond acceptors (Lipinski definition) is 2. The highest BCUT2D eigenvalue weighted by molar-refractivity contribution is 5.85. The Bertz CT molecular complexity index is 265. The predicted octanol–water partition coefficient (Wildman–Crippen LogP) is 1.89. The number of aliphatic carboxylic acids is 1. The van der Waals surface area contributed by atoms with Crippen molar-refractivity contribution in [1.29, 1.82) is 0 Å². The lowest BCUT2D eigenvalue weighted by Crippen LogP contribution is -2.42. The lowest BCUT2D eigenvalue weighted by Gasteiger charge is -2.24. The van der Waals surface area contributed by atoms with Crippen LogP contribution in [-0.4, -0.2) is 34.5 Å². The highest BCUT2D eigenvalue weighted by Gasteiger charge is 2.35. The average Bonchev–Trinajstić information content (AvgIpc) is 2.73. The van der Waals surface area contributed by atoms with E-state index < -0.39 is 12.0 Å². The Hall–Kier alpha value is -1.06. The number of carboxylic acids is 1. The predicted molar refractivity (Wildman–Crippen MR) is 61.1 cm³/mol.